The van der Waals surface area contributed by atoms with Gasteiger partial charge >= 0.3 is 0 Å². The summed E-state index contributed by atoms with van der Waals surface area (Å²) in [7, 11) is 0. The van der Waals surface area contributed by atoms with E-state index >= 15 is 0 Å². The number of aryl methyl sites for hydroxylation is 1. The molecule has 0 aromatic heterocycles. The fourth-order valence-corrected chi connectivity index (χ4v) is 2.07. The SMILES string of the molecule is Cc1cc(O)ccc1C[C@@H](C#N)c1ccc(O)cc1. The molecular formula is C16H15NO2. The summed E-state index contributed by atoms with van der Waals surface area (Å²) in [6.07, 6.45) is 0.591. The predicted octanol–water partition coefficient (Wildman–Crippen LogP) is 3.26. The average molecular weight is 253 g/mol. The van der Waals surface area contributed by atoms with Crippen LogP contribution >= 0.6 is 0 Å². The number of phenolic OH excluding ortho intramolecular Hbond substituents is 2. The predicted molar refractivity (Wildman–Crippen MR) is 73.0 cm³/mol. The van der Waals surface area contributed by atoms with Gasteiger partial charge in [0.1, 0.15) is 11.5 Å². The van der Waals surface area contributed by atoms with Crippen molar-refractivity contribution in [1.82, 2.24) is 0 Å². The van der Waals surface area contributed by atoms with Crippen molar-refractivity contribution in [2.75, 3.05) is 0 Å². The van der Waals surface area contributed by atoms with E-state index in [0.717, 1.165) is 16.7 Å². The van der Waals surface area contributed by atoms with Crippen LogP contribution < -0.4 is 0 Å². The van der Waals surface area contributed by atoms with Crippen LogP contribution in [0.4, 0.5) is 0 Å². The minimum atomic E-state index is -0.260. The molecule has 2 N–H and O–H groups in total. The lowest BCUT2D eigenvalue weighted by atomic mass is 9.91. The van der Waals surface area contributed by atoms with Crippen molar-refractivity contribution in [3.05, 3.63) is 59.2 Å². The molecule has 0 aliphatic rings. The van der Waals surface area contributed by atoms with Crippen LogP contribution in [-0.2, 0) is 6.42 Å². The van der Waals surface area contributed by atoms with Gasteiger partial charge in [-0.15, -0.1) is 0 Å². The average Bonchev–Trinajstić information content (AvgIpc) is 2.39. The quantitative estimate of drug-likeness (QED) is 0.882. The first-order valence-corrected chi connectivity index (χ1v) is 6.07. The maximum absolute atomic E-state index is 9.38. The van der Waals surface area contributed by atoms with Crippen LogP contribution in [-0.4, -0.2) is 10.2 Å². The van der Waals surface area contributed by atoms with Crippen molar-refractivity contribution < 1.29 is 10.2 Å². The molecule has 0 aliphatic heterocycles. The van der Waals surface area contributed by atoms with Crippen LogP contribution in [0, 0.1) is 18.3 Å². The van der Waals surface area contributed by atoms with E-state index in [4.69, 9.17) is 0 Å². The monoisotopic (exact) mass is 253 g/mol. The van der Waals surface area contributed by atoms with Crippen molar-refractivity contribution in [2.24, 2.45) is 0 Å². The molecule has 0 spiro atoms. The van der Waals surface area contributed by atoms with Crippen LogP contribution in [0.2, 0.25) is 0 Å². The molecule has 0 bridgehead atoms. The number of phenols is 2. The van der Waals surface area contributed by atoms with Crippen LogP contribution in [0.5, 0.6) is 11.5 Å². The zero-order valence-electron chi connectivity index (χ0n) is 10.7. The highest BCUT2D eigenvalue weighted by Gasteiger charge is 2.13. The fourth-order valence-electron chi connectivity index (χ4n) is 2.07. The molecule has 0 fully saturated rings. The molecule has 19 heavy (non-hydrogen) atoms. The summed E-state index contributed by atoms with van der Waals surface area (Å²) in [5.41, 5.74) is 2.89. The van der Waals surface area contributed by atoms with Gasteiger partial charge in [-0.25, -0.2) is 0 Å². The normalized spacial score (nSPS) is 11.8. The topological polar surface area (TPSA) is 64.2 Å². The molecule has 96 valence electrons. The minimum Gasteiger partial charge on any atom is -0.508 e. The molecule has 0 unspecified atom stereocenters. The third kappa shape index (κ3) is 3.05. The van der Waals surface area contributed by atoms with E-state index < -0.39 is 0 Å². The van der Waals surface area contributed by atoms with Gasteiger partial charge in [-0.1, -0.05) is 18.2 Å². The summed E-state index contributed by atoms with van der Waals surface area (Å²) in [4.78, 5) is 0. The zero-order chi connectivity index (χ0) is 13.8. The van der Waals surface area contributed by atoms with Crippen LogP contribution in [0.1, 0.15) is 22.6 Å². The van der Waals surface area contributed by atoms with Gasteiger partial charge in [-0.2, -0.15) is 5.26 Å². The Labute approximate surface area is 112 Å². The van der Waals surface area contributed by atoms with E-state index in [1.54, 1.807) is 36.4 Å². The Morgan fingerprint density at radius 1 is 1.05 bits per heavy atom. The largest absolute Gasteiger partial charge is 0.508 e. The number of rotatable bonds is 3. The molecule has 0 saturated carbocycles. The standard InChI is InChI=1S/C16H15NO2/c1-11-8-16(19)7-4-13(11)9-14(10-17)12-2-5-15(18)6-3-12/h2-8,14,18-19H,9H2,1H3/t14-/m0/s1. The Balaban J connectivity index is 2.24. The van der Waals surface area contributed by atoms with Gasteiger partial charge in [0.25, 0.3) is 0 Å². The third-order valence-corrected chi connectivity index (χ3v) is 3.20. The molecule has 3 heteroatoms. The van der Waals surface area contributed by atoms with E-state index in [2.05, 4.69) is 6.07 Å². The maximum atomic E-state index is 9.38. The molecular weight excluding hydrogens is 238 g/mol. The number of hydrogen-bond acceptors (Lipinski definition) is 3. The fraction of sp³-hybridized carbons (Fsp3) is 0.188. The number of nitriles is 1. The second-order valence-electron chi connectivity index (χ2n) is 4.59. The third-order valence-electron chi connectivity index (χ3n) is 3.20. The zero-order valence-corrected chi connectivity index (χ0v) is 10.7. The molecule has 2 rings (SSSR count). The maximum Gasteiger partial charge on any atom is 0.115 e. The molecule has 0 heterocycles. The first kappa shape index (κ1) is 13.0. The van der Waals surface area contributed by atoms with E-state index in [1.165, 1.54) is 0 Å². The lowest BCUT2D eigenvalue weighted by molar-refractivity contribution is 0.474. The Hall–Kier alpha value is -2.47. The lowest BCUT2D eigenvalue weighted by Crippen LogP contribution is -2.01. The molecule has 2 aromatic rings. The second kappa shape index (κ2) is 5.45. The highest BCUT2D eigenvalue weighted by atomic mass is 16.3. The Morgan fingerprint density at radius 2 is 1.68 bits per heavy atom. The molecule has 0 saturated heterocycles. The van der Waals surface area contributed by atoms with Crippen molar-refractivity contribution >= 4 is 0 Å². The first-order chi connectivity index (χ1) is 9.10. The Bertz CT molecular complexity index is 612. The molecule has 3 nitrogen and oxygen atoms in total. The van der Waals surface area contributed by atoms with Crippen LogP contribution in [0.25, 0.3) is 0 Å². The molecule has 0 amide bonds. The summed E-state index contributed by atoms with van der Waals surface area (Å²) in [6, 6.07) is 14.2. The summed E-state index contributed by atoms with van der Waals surface area (Å²) < 4.78 is 0. The highest BCUT2D eigenvalue weighted by molar-refractivity contribution is 5.38. The Kier molecular flexibility index (Phi) is 3.72. The van der Waals surface area contributed by atoms with E-state index in [0.29, 0.717) is 6.42 Å². The lowest BCUT2D eigenvalue weighted by Gasteiger charge is -2.12. The number of benzene rings is 2. The molecule has 0 aliphatic carbocycles. The number of aromatic hydroxyl groups is 2. The van der Waals surface area contributed by atoms with Crippen LogP contribution in [0.15, 0.2) is 42.5 Å². The van der Waals surface area contributed by atoms with Gasteiger partial charge in [0.05, 0.1) is 12.0 Å². The molecule has 2 aromatic carbocycles. The van der Waals surface area contributed by atoms with E-state index in [1.807, 2.05) is 13.0 Å². The molecule has 0 radical (unpaired) electrons. The van der Waals surface area contributed by atoms with Gasteiger partial charge in [-0.05, 0) is 54.3 Å². The number of nitrogens with zero attached hydrogens (tertiary/aromatic N) is 1. The highest BCUT2D eigenvalue weighted by Crippen LogP contribution is 2.25. The molecule has 1 atom stereocenters. The van der Waals surface area contributed by atoms with Crippen molar-refractivity contribution in [3.63, 3.8) is 0 Å². The van der Waals surface area contributed by atoms with Gasteiger partial charge in [0, 0.05) is 0 Å². The van der Waals surface area contributed by atoms with Gasteiger partial charge < -0.3 is 10.2 Å². The summed E-state index contributed by atoms with van der Waals surface area (Å²) in [6.45, 7) is 1.92. The number of hydrogen-bond donors (Lipinski definition) is 2. The smallest absolute Gasteiger partial charge is 0.115 e. The Morgan fingerprint density at radius 3 is 2.26 bits per heavy atom. The van der Waals surface area contributed by atoms with E-state index in [9.17, 15) is 15.5 Å². The minimum absolute atomic E-state index is 0.196. The van der Waals surface area contributed by atoms with Crippen LogP contribution in [0.3, 0.4) is 0 Å². The van der Waals surface area contributed by atoms with Gasteiger partial charge in [-0.3, -0.25) is 0 Å². The van der Waals surface area contributed by atoms with Gasteiger partial charge in [0.15, 0.2) is 0 Å². The van der Waals surface area contributed by atoms with Crippen molar-refractivity contribution in [2.45, 2.75) is 19.3 Å². The summed E-state index contributed by atoms with van der Waals surface area (Å²) in [5, 5.41) is 27.9. The van der Waals surface area contributed by atoms with E-state index in [-0.39, 0.29) is 17.4 Å². The van der Waals surface area contributed by atoms with Gasteiger partial charge in [0.2, 0.25) is 0 Å². The summed E-state index contributed by atoms with van der Waals surface area (Å²) in [5.74, 6) is 0.171. The van der Waals surface area contributed by atoms with Crippen molar-refractivity contribution in [1.29, 1.82) is 5.26 Å². The summed E-state index contributed by atoms with van der Waals surface area (Å²) >= 11 is 0. The second-order valence-corrected chi connectivity index (χ2v) is 4.59. The first-order valence-electron chi connectivity index (χ1n) is 6.07. The van der Waals surface area contributed by atoms with Crippen molar-refractivity contribution in [3.8, 4) is 17.6 Å².